The van der Waals surface area contributed by atoms with E-state index >= 15 is 0 Å². The minimum atomic E-state index is -4.75. The van der Waals surface area contributed by atoms with Crippen LogP contribution in [-0.2, 0) is 6.18 Å². The zero-order valence-corrected chi connectivity index (χ0v) is 10.9. The fourth-order valence-corrected chi connectivity index (χ4v) is 1.43. The minimum Gasteiger partial charge on any atom is -0.325 e. The molecule has 0 aliphatic rings. The van der Waals surface area contributed by atoms with Crippen LogP contribution in [0, 0.1) is 5.82 Å². The second-order valence-corrected chi connectivity index (χ2v) is 4.05. The lowest BCUT2D eigenvalue weighted by molar-refractivity contribution is -0.139. The van der Waals surface area contributed by atoms with E-state index in [-0.39, 0.29) is 11.6 Å². The summed E-state index contributed by atoms with van der Waals surface area (Å²) in [7, 11) is 0. The van der Waals surface area contributed by atoms with Crippen LogP contribution in [-0.4, -0.2) is 12.5 Å². The van der Waals surface area contributed by atoms with Crippen molar-refractivity contribution in [2.75, 3.05) is 11.9 Å². The molecule has 8 heteroatoms. The average molecular weight is 292 g/mol. The van der Waals surface area contributed by atoms with E-state index in [1.54, 1.807) is 0 Å². The number of hydrazine groups is 1. The van der Waals surface area contributed by atoms with Crippen LogP contribution in [0.1, 0.15) is 25.3 Å². The minimum absolute atomic E-state index is 0.0481. The van der Waals surface area contributed by atoms with Crippen LogP contribution in [0.2, 0.25) is 0 Å². The van der Waals surface area contributed by atoms with E-state index in [2.05, 4.69) is 15.7 Å². The number of benzene rings is 1. The summed E-state index contributed by atoms with van der Waals surface area (Å²) in [4.78, 5) is 4.04. The molecule has 112 valence electrons. The monoisotopic (exact) mass is 292 g/mol. The van der Waals surface area contributed by atoms with E-state index in [1.807, 2.05) is 6.92 Å². The average Bonchev–Trinajstić information content (AvgIpc) is 2.38. The molecule has 4 nitrogen and oxygen atoms in total. The Kier molecular flexibility index (Phi) is 5.75. The van der Waals surface area contributed by atoms with Crippen LogP contribution >= 0.6 is 0 Å². The number of hydrogen-bond acceptors (Lipinski definition) is 2. The lowest BCUT2D eigenvalue weighted by Crippen LogP contribution is -2.36. The van der Waals surface area contributed by atoms with E-state index in [1.165, 1.54) is 6.07 Å². The number of unbranched alkanes of at least 4 members (excludes halogenated alkanes) is 1. The van der Waals surface area contributed by atoms with Crippen molar-refractivity contribution in [3.8, 4) is 0 Å². The summed E-state index contributed by atoms with van der Waals surface area (Å²) in [5.74, 6) is 4.01. The van der Waals surface area contributed by atoms with Gasteiger partial charge in [-0.1, -0.05) is 13.3 Å². The maximum absolute atomic E-state index is 13.1. The molecule has 0 amide bonds. The molecule has 20 heavy (non-hydrogen) atoms. The molecule has 4 N–H and O–H groups in total. The van der Waals surface area contributed by atoms with E-state index in [0.717, 1.165) is 18.9 Å². The lowest BCUT2D eigenvalue weighted by Gasteiger charge is -2.12. The highest BCUT2D eigenvalue weighted by Crippen LogP contribution is 2.32. The number of hydrogen-bond donors (Lipinski definition) is 3. The second kappa shape index (κ2) is 7.09. The van der Waals surface area contributed by atoms with Gasteiger partial charge in [-0.3, -0.25) is 10.4 Å². The molecule has 0 heterocycles. The largest absolute Gasteiger partial charge is 0.419 e. The standard InChI is InChI=1S/C12H16F4N4/c1-2-3-6-18-11(20-17)19-8-4-5-10(13)9(7-8)12(14,15)16/h4-5,7H,2-3,6,17H2,1H3,(H2,18,19,20). The Morgan fingerprint density at radius 3 is 2.60 bits per heavy atom. The summed E-state index contributed by atoms with van der Waals surface area (Å²) < 4.78 is 50.8. The van der Waals surface area contributed by atoms with Crippen molar-refractivity contribution >= 4 is 11.6 Å². The number of aliphatic imine (C=N–C) groups is 1. The smallest absolute Gasteiger partial charge is 0.325 e. The van der Waals surface area contributed by atoms with Crippen LogP contribution in [0.5, 0.6) is 0 Å². The van der Waals surface area contributed by atoms with Gasteiger partial charge in [0.15, 0.2) is 0 Å². The molecule has 0 saturated heterocycles. The van der Waals surface area contributed by atoms with Crippen LogP contribution in [0.15, 0.2) is 23.2 Å². The molecule has 0 atom stereocenters. The van der Waals surface area contributed by atoms with Gasteiger partial charge in [-0.25, -0.2) is 10.2 Å². The molecule has 0 unspecified atom stereocenters. The quantitative estimate of drug-likeness (QED) is 0.200. The van der Waals surface area contributed by atoms with E-state index in [4.69, 9.17) is 5.84 Å². The van der Waals surface area contributed by atoms with Crippen LogP contribution < -0.4 is 16.6 Å². The lowest BCUT2D eigenvalue weighted by atomic mass is 10.2. The molecule has 0 aromatic heterocycles. The van der Waals surface area contributed by atoms with E-state index < -0.39 is 17.6 Å². The van der Waals surface area contributed by atoms with Gasteiger partial charge in [-0.05, 0) is 24.6 Å². The molecular weight excluding hydrogens is 276 g/mol. The third-order valence-corrected chi connectivity index (χ3v) is 2.45. The normalized spacial score (nSPS) is 12.4. The molecule has 1 rings (SSSR count). The Bertz CT molecular complexity index is 471. The van der Waals surface area contributed by atoms with Crippen molar-refractivity contribution in [3.05, 3.63) is 29.6 Å². The summed E-state index contributed by atoms with van der Waals surface area (Å²) in [6.45, 7) is 2.46. The molecule has 0 fully saturated rings. The first kappa shape index (κ1) is 16.2. The van der Waals surface area contributed by atoms with Gasteiger partial charge in [0.2, 0.25) is 5.96 Å². The Morgan fingerprint density at radius 1 is 1.35 bits per heavy atom. The predicted octanol–water partition coefficient (Wildman–Crippen LogP) is 2.88. The topological polar surface area (TPSA) is 62.4 Å². The first-order chi connectivity index (χ1) is 9.38. The molecule has 0 radical (unpaired) electrons. The molecule has 0 spiro atoms. The Labute approximate surface area is 114 Å². The van der Waals surface area contributed by atoms with Gasteiger partial charge in [0, 0.05) is 12.2 Å². The number of rotatable bonds is 4. The van der Waals surface area contributed by atoms with Crippen molar-refractivity contribution in [3.63, 3.8) is 0 Å². The Balaban J connectivity index is 2.89. The molecule has 0 saturated carbocycles. The number of guanidine groups is 1. The summed E-state index contributed by atoms with van der Waals surface area (Å²) in [6, 6.07) is 2.59. The molecule has 0 aliphatic heterocycles. The summed E-state index contributed by atoms with van der Waals surface area (Å²) in [5, 5.41) is 2.57. The van der Waals surface area contributed by atoms with Gasteiger partial charge in [0.1, 0.15) is 5.82 Å². The summed E-state index contributed by atoms with van der Waals surface area (Å²) in [5.41, 5.74) is 0.954. The fraction of sp³-hybridized carbons (Fsp3) is 0.417. The summed E-state index contributed by atoms with van der Waals surface area (Å²) in [6.07, 6.45) is -3.00. The molecular formula is C12H16F4N4. The number of nitrogens with one attached hydrogen (secondary N) is 2. The predicted molar refractivity (Wildman–Crippen MR) is 69.6 cm³/mol. The van der Waals surface area contributed by atoms with Crippen molar-refractivity contribution in [1.29, 1.82) is 0 Å². The van der Waals surface area contributed by atoms with Crippen LogP contribution in [0.3, 0.4) is 0 Å². The molecule has 0 bridgehead atoms. The van der Waals surface area contributed by atoms with Gasteiger partial charge in [0.05, 0.1) is 5.56 Å². The Morgan fingerprint density at radius 2 is 2.05 bits per heavy atom. The maximum Gasteiger partial charge on any atom is 0.419 e. The maximum atomic E-state index is 13.1. The number of nitrogens with two attached hydrogens (primary N) is 1. The fourth-order valence-electron chi connectivity index (χ4n) is 1.43. The number of anilines is 1. The molecule has 0 aliphatic carbocycles. The molecule has 1 aromatic carbocycles. The molecule has 1 aromatic rings. The van der Waals surface area contributed by atoms with Crippen LogP contribution in [0.25, 0.3) is 0 Å². The summed E-state index contributed by atoms with van der Waals surface area (Å²) >= 11 is 0. The third kappa shape index (κ3) is 4.69. The van der Waals surface area contributed by atoms with Crippen molar-refractivity contribution < 1.29 is 17.6 Å². The highest BCUT2D eigenvalue weighted by molar-refractivity contribution is 5.93. The highest BCUT2D eigenvalue weighted by atomic mass is 19.4. The van der Waals surface area contributed by atoms with Crippen molar-refractivity contribution in [2.45, 2.75) is 25.9 Å². The number of alkyl halides is 3. The zero-order chi connectivity index (χ0) is 15.2. The number of nitrogens with zero attached hydrogens (tertiary/aromatic N) is 1. The van der Waals surface area contributed by atoms with E-state index in [0.29, 0.717) is 12.6 Å². The van der Waals surface area contributed by atoms with Gasteiger partial charge in [-0.15, -0.1) is 0 Å². The van der Waals surface area contributed by atoms with Crippen LogP contribution in [0.4, 0.5) is 23.2 Å². The SMILES string of the molecule is CCCCN=C(NN)Nc1ccc(F)c(C(F)(F)F)c1. The first-order valence-electron chi connectivity index (χ1n) is 6.03. The Hall–Kier alpha value is -1.83. The van der Waals surface area contributed by atoms with Crippen molar-refractivity contribution in [1.82, 2.24) is 5.43 Å². The van der Waals surface area contributed by atoms with Gasteiger partial charge in [0.25, 0.3) is 0 Å². The van der Waals surface area contributed by atoms with Gasteiger partial charge >= 0.3 is 6.18 Å². The highest BCUT2D eigenvalue weighted by Gasteiger charge is 2.34. The third-order valence-electron chi connectivity index (χ3n) is 2.45. The van der Waals surface area contributed by atoms with Gasteiger partial charge < -0.3 is 5.32 Å². The van der Waals surface area contributed by atoms with E-state index in [9.17, 15) is 17.6 Å². The van der Waals surface area contributed by atoms with Gasteiger partial charge in [-0.2, -0.15) is 13.2 Å². The zero-order valence-electron chi connectivity index (χ0n) is 10.9. The second-order valence-electron chi connectivity index (χ2n) is 4.05. The first-order valence-corrected chi connectivity index (χ1v) is 6.03. The number of halogens is 4. The van der Waals surface area contributed by atoms with Crippen molar-refractivity contribution in [2.24, 2.45) is 10.8 Å².